The van der Waals surface area contributed by atoms with Crippen LogP contribution in [-0.4, -0.2) is 7.11 Å². The molecule has 0 aliphatic rings. The number of hydrogen-bond donors (Lipinski definition) is 0. The smallest absolute Gasteiger partial charge is 0.250 e. The third kappa shape index (κ3) is 3.08. The van der Waals surface area contributed by atoms with Crippen LogP contribution in [0.5, 0.6) is 5.75 Å². The molecule has 0 aliphatic heterocycles. The van der Waals surface area contributed by atoms with Gasteiger partial charge in [0.05, 0.1) is 18.7 Å². The fourth-order valence-electron chi connectivity index (χ4n) is 0.714. The van der Waals surface area contributed by atoms with Crippen molar-refractivity contribution in [2.45, 2.75) is 0 Å². The van der Waals surface area contributed by atoms with Gasteiger partial charge in [-0.15, -0.1) is 4.52 Å². The van der Waals surface area contributed by atoms with E-state index in [9.17, 15) is 0 Å². The number of nitriles is 1. The van der Waals surface area contributed by atoms with Crippen LogP contribution >= 0.6 is 7.15 Å². The molecule has 0 fully saturated rings. The summed E-state index contributed by atoms with van der Waals surface area (Å²) in [6.45, 7) is 0. The van der Waals surface area contributed by atoms with Crippen molar-refractivity contribution < 1.29 is 9.05 Å². The van der Waals surface area contributed by atoms with Gasteiger partial charge in [0.2, 0.25) is 11.8 Å². The third-order valence-electron chi connectivity index (χ3n) is 1.31. The van der Waals surface area contributed by atoms with Crippen LogP contribution in [0.4, 0.5) is 0 Å². The summed E-state index contributed by atoms with van der Waals surface area (Å²) in [6, 6.07) is 8.74. The highest BCUT2D eigenvalue weighted by molar-refractivity contribution is 8.00. The van der Waals surface area contributed by atoms with E-state index in [2.05, 4.69) is 0 Å². The molecule has 1 atom stereocenters. The van der Waals surface area contributed by atoms with E-state index in [0.29, 0.717) is 11.3 Å². The zero-order chi connectivity index (χ0) is 9.68. The second-order valence-corrected chi connectivity index (χ2v) is 4.02. The van der Waals surface area contributed by atoms with Crippen molar-refractivity contribution in [2.24, 2.45) is 0 Å². The SMILES string of the molecule is CO[P+](=S)Oc1ccc(C#N)cc1. The lowest BCUT2D eigenvalue weighted by Gasteiger charge is -1.92. The summed E-state index contributed by atoms with van der Waals surface area (Å²) in [5.41, 5.74) is 0.596. The summed E-state index contributed by atoms with van der Waals surface area (Å²) >= 11 is 4.84. The van der Waals surface area contributed by atoms with Gasteiger partial charge in [0.1, 0.15) is 0 Å². The van der Waals surface area contributed by atoms with Gasteiger partial charge in [-0.1, -0.05) is 0 Å². The molecule has 0 spiro atoms. The van der Waals surface area contributed by atoms with Gasteiger partial charge in [-0.05, 0) is 24.3 Å². The molecule has 3 nitrogen and oxygen atoms in total. The Hall–Kier alpha value is -1.01. The monoisotopic (exact) mass is 212 g/mol. The Bertz CT molecular complexity index is 344. The van der Waals surface area contributed by atoms with E-state index < -0.39 is 7.15 Å². The topological polar surface area (TPSA) is 42.2 Å². The first-order valence-corrected chi connectivity index (χ1v) is 5.65. The largest absolute Gasteiger partial charge is 0.573 e. The molecule has 1 rings (SSSR count). The maximum Gasteiger partial charge on any atom is 0.573 e. The molecule has 0 saturated carbocycles. The minimum absolute atomic E-state index is 0.596. The molecule has 0 aromatic heterocycles. The minimum atomic E-state index is -1.27. The zero-order valence-corrected chi connectivity index (χ0v) is 8.64. The van der Waals surface area contributed by atoms with E-state index in [0.717, 1.165) is 0 Å². The van der Waals surface area contributed by atoms with Crippen molar-refractivity contribution >= 4 is 19.0 Å². The molecule has 0 radical (unpaired) electrons. The van der Waals surface area contributed by atoms with Crippen molar-refractivity contribution in [1.29, 1.82) is 5.26 Å². The van der Waals surface area contributed by atoms with Crippen molar-refractivity contribution in [3.05, 3.63) is 29.8 Å². The molecule has 0 saturated heterocycles. The summed E-state index contributed by atoms with van der Waals surface area (Å²) in [6.07, 6.45) is 0. The fourth-order valence-corrected chi connectivity index (χ4v) is 1.34. The number of rotatable bonds is 3. The average molecular weight is 212 g/mol. The predicted molar refractivity (Wildman–Crippen MR) is 53.1 cm³/mol. The predicted octanol–water partition coefficient (Wildman–Crippen LogP) is 2.36. The zero-order valence-electron chi connectivity index (χ0n) is 6.93. The van der Waals surface area contributed by atoms with Gasteiger partial charge in [-0.3, -0.25) is 4.52 Å². The maximum absolute atomic E-state index is 8.52. The second-order valence-electron chi connectivity index (χ2n) is 2.13. The third-order valence-corrected chi connectivity index (χ3v) is 2.64. The van der Waals surface area contributed by atoms with Crippen LogP contribution in [0.3, 0.4) is 0 Å². The highest BCUT2D eigenvalue weighted by Crippen LogP contribution is 2.26. The molecule has 5 heteroatoms. The molecule has 0 amide bonds. The molecule has 0 heterocycles. The van der Waals surface area contributed by atoms with Crippen LogP contribution in [0, 0.1) is 11.3 Å². The van der Waals surface area contributed by atoms with E-state index in [1.165, 1.54) is 7.11 Å². The maximum atomic E-state index is 8.52. The van der Waals surface area contributed by atoms with Crippen LogP contribution < -0.4 is 4.52 Å². The van der Waals surface area contributed by atoms with Crippen molar-refractivity contribution in [3.63, 3.8) is 0 Å². The van der Waals surface area contributed by atoms with E-state index >= 15 is 0 Å². The standard InChI is InChI=1S/C8H7NO2PS/c1-10-12(13)11-8-4-2-7(6-9)3-5-8/h2-5H,1H3/q+1. The molecule has 1 aromatic rings. The Kier molecular flexibility index (Phi) is 3.78. The molecule has 1 unspecified atom stereocenters. The fraction of sp³-hybridized carbons (Fsp3) is 0.125. The summed E-state index contributed by atoms with van der Waals surface area (Å²) in [7, 11) is 0.234. The van der Waals surface area contributed by atoms with Crippen LogP contribution in [0.25, 0.3) is 0 Å². The number of hydrogen-bond acceptors (Lipinski definition) is 4. The van der Waals surface area contributed by atoms with E-state index in [1.807, 2.05) is 6.07 Å². The van der Waals surface area contributed by atoms with Gasteiger partial charge < -0.3 is 0 Å². The van der Waals surface area contributed by atoms with Gasteiger partial charge in [-0.2, -0.15) is 5.26 Å². The summed E-state index contributed by atoms with van der Waals surface area (Å²) in [5, 5.41) is 8.52. The number of nitrogens with zero attached hydrogens (tertiary/aromatic N) is 1. The summed E-state index contributed by atoms with van der Waals surface area (Å²) < 4.78 is 10.0. The molecule has 1 aromatic carbocycles. The van der Waals surface area contributed by atoms with Crippen molar-refractivity contribution in [3.8, 4) is 11.8 Å². The van der Waals surface area contributed by atoms with Crippen molar-refractivity contribution in [2.75, 3.05) is 7.11 Å². The lowest BCUT2D eigenvalue weighted by atomic mass is 10.2. The molecule has 0 aliphatic carbocycles. The van der Waals surface area contributed by atoms with Gasteiger partial charge >= 0.3 is 7.15 Å². The van der Waals surface area contributed by atoms with Crippen LogP contribution in [0.15, 0.2) is 24.3 Å². The van der Waals surface area contributed by atoms with Gasteiger partial charge in [0.25, 0.3) is 0 Å². The van der Waals surface area contributed by atoms with Crippen molar-refractivity contribution in [1.82, 2.24) is 0 Å². The average Bonchev–Trinajstić information content (AvgIpc) is 2.19. The van der Waals surface area contributed by atoms with E-state index in [-0.39, 0.29) is 0 Å². The molecular formula is C8H7NO2PS+. The highest BCUT2D eigenvalue weighted by Gasteiger charge is 2.11. The van der Waals surface area contributed by atoms with Gasteiger partial charge in [-0.25, -0.2) is 0 Å². The first-order chi connectivity index (χ1) is 6.26. The minimum Gasteiger partial charge on any atom is -0.250 e. The quantitative estimate of drug-likeness (QED) is 0.721. The van der Waals surface area contributed by atoms with E-state index in [1.54, 1.807) is 24.3 Å². The van der Waals surface area contributed by atoms with Crippen LogP contribution in [-0.2, 0) is 16.3 Å². The molecule has 13 heavy (non-hydrogen) atoms. The Morgan fingerprint density at radius 3 is 2.46 bits per heavy atom. The molecule has 0 N–H and O–H groups in total. The molecule has 0 bridgehead atoms. The lowest BCUT2D eigenvalue weighted by Crippen LogP contribution is -1.82. The lowest BCUT2D eigenvalue weighted by molar-refractivity contribution is 0.414. The van der Waals surface area contributed by atoms with E-state index in [4.69, 9.17) is 26.1 Å². The van der Waals surface area contributed by atoms with Gasteiger partial charge in [0, 0.05) is 0 Å². The van der Waals surface area contributed by atoms with Crippen LogP contribution in [0.2, 0.25) is 0 Å². The summed E-state index contributed by atoms with van der Waals surface area (Å²) in [4.78, 5) is 0. The summed E-state index contributed by atoms with van der Waals surface area (Å²) in [5.74, 6) is 0.627. The Balaban J connectivity index is 2.71. The Morgan fingerprint density at radius 2 is 2.00 bits per heavy atom. The normalized spacial score (nSPS) is 10.3. The van der Waals surface area contributed by atoms with Gasteiger partial charge in [0.15, 0.2) is 5.75 Å². The second kappa shape index (κ2) is 4.88. The highest BCUT2D eigenvalue weighted by atomic mass is 32.4. The Morgan fingerprint density at radius 1 is 1.38 bits per heavy atom. The number of benzene rings is 1. The molecular weight excluding hydrogens is 205 g/mol. The Labute approximate surface area is 82.5 Å². The first-order valence-electron chi connectivity index (χ1n) is 3.46. The first kappa shape index (κ1) is 10.1. The van der Waals surface area contributed by atoms with Crippen LogP contribution in [0.1, 0.15) is 5.56 Å². The molecule has 66 valence electrons.